The van der Waals surface area contributed by atoms with Gasteiger partial charge < -0.3 is 10.2 Å². The molecule has 0 aliphatic heterocycles. The van der Waals surface area contributed by atoms with E-state index in [0.29, 0.717) is 16.6 Å². The van der Waals surface area contributed by atoms with Gasteiger partial charge in [-0.2, -0.15) is 0 Å². The lowest BCUT2D eigenvalue weighted by Crippen LogP contribution is -2.49. The zero-order valence-electron chi connectivity index (χ0n) is 15.7. The van der Waals surface area contributed by atoms with Gasteiger partial charge in [0.25, 0.3) is 0 Å². The summed E-state index contributed by atoms with van der Waals surface area (Å²) in [7, 11) is 0. The lowest BCUT2D eigenvalue weighted by molar-refractivity contribution is -0.140. The summed E-state index contributed by atoms with van der Waals surface area (Å²) in [4.78, 5) is 27.1. The van der Waals surface area contributed by atoms with Crippen LogP contribution in [-0.2, 0) is 22.6 Å². The highest BCUT2D eigenvalue weighted by Crippen LogP contribution is 2.17. The molecule has 1 N–H and O–H groups in total. The normalized spacial score (nSPS) is 11.9. The molecule has 0 bridgehead atoms. The van der Waals surface area contributed by atoms with Crippen molar-refractivity contribution in [1.29, 1.82) is 0 Å². The molecular formula is C21H24Cl2N2O2. The van der Waals surface area contributed by atoms with Crippen LogP contribution < -0.4 is 5.32 Å². The maximum Gasteiger partial charge on any atom is 0.242 e. The Bertz CT molecular complexity index is 808. The van der Waals surface area contributed by atoms with Gasteiger partial charge in [0.15, 0.2) is 0 Å². The van der Waals surface area contributed by atoms with Crippen molar-refractivity contribution in [3.05, 3.63) is 69.7 Å². The first kappa shape index (κ1) is 21.3. The lowest BCUT2D eigenvalue weighted by atomic mass is 10.1. The number of hydrogen-bond acceptors (Lipinski definition) is 2. The number of amides is 2. The maximum atomic E-state index is 13.0. The fourth-order valence-corrected chi connectivity index (χ4v) is 3.17. The summed E-state index contributed by atoms with van der Waals surface area (Å²) in [6, 6.07) is 13.9. The van der Waals surface area contributed by atoms with Crippen LogP contribution in [0.5, 0.6) is 0 Å². The third-order valence-electron chi connectivity index (χ3n) is 4.08. The van der Waals surface area contributed by atoms with E-state index < -0.39 is 6.04 Å². The van der Waals surface area contributed by atoms with Crippen molar-refractivity contribution in [2.45, 2.75) is 45.8 Å². The van der Waals surface area contributed by atoms with Gasteiger partial charge in [-0.3, -0.25) is 9.59 Å². The topological polar surface area (TPSA) is 49.4 Å². The highest BCUT2D eigenvalue weighted by molar-refractivity contribution is 6.30. The minimum Gasteiger partial charge on any atom is -0.352 e. The monoisotopic (exact) mass is 406 g/mol. The summed E-state index contributed by atoms with van der Waals surface area (Å²) in [6.07, 6.45) is 0.167. The standard InChI is InChI=1S/C21H24Cl2N2O2/c1-14(2)24-21(27)15(3)25(13-17-7-5-9-19(23)11-17)20(26)12-16-6-4-8-18(22)10-16/h4-11,14-15H,12-13H2,1-3H3,(H,24,27)/t15-/m1/s1. The van der Waals surface area contributed by atoms with Crippen LogP contribution in [-0.4, -0.2) is 28.8 Å². The van der Waals surface area contributed by atoms with E-state index in [1.165, 1.54) is 0 Å². The molecule has 6 heteroatoms. The molecule has 144 valence electrons. The summed E-state index contributed by atoms with van der Waals surface area (Å²) in [5, 5.41) is 4.04. The minimum absolute atomic E-state index is 0.00370. The highest BCUT2D eigenvalue weighted by atomic mass is 35.5. The van der Waals surface area contributed by atoms with Gasteiger partial charge >= 0.3 is 0 Å². The molecule has 0 radical (unpaired) electrons. The zero-order chi connectivity index (χ0) is 20.0. The summed E-state index contributed by atoms with van der Waals surface area (Å²) in [6.45, 7) is 5.81. The van der Waals surface area contributed by atoms with Crippen LogP contribution in [0.2, 0.25) is 10.0 Å². The van der Waals surface area contributed by atoms with Crippen LogP contribution in [0, 0.1) is 0 Å². The van der Waals surface area contributed by atoms with Crippen molar-refractivity contribution in [3.8, 4) is 0 Å². The third-order valence-corrected chi connectivity index (χ3v) is 4.55. The molecule has 27 heavy (non-hydrogen) atoms. The highest BCUT2D eigenvalue weighted by Gasteiger charge is 2.26. The summed E-state index contributed by atoms with van der Waals surface area (Å²) in [5.74, 6) is -0.338. The molecule has 2 amide bonds. The molecule has 1 atom stereocenters. The van der Waals surface area contributed by atoms with Crippen molar-refractivity contribution >= 4 is 35.0 Å². The molecule has 0 saturated heterocycles. The maximum absolute atomic E-state index is 13.0. The predicted octanol–water partition coefficient (Wildman–Crippen LogP) is 4.48. The van der Waals surface area contributed by atoms with E-state index in [9.17, 15) is 9.59 Å². The van der Waals surface area contributed by atoms with Crippen LogP contribution in [0.25, 0.3) is 0 Å². The van der Waals surface area contributed by atoms with Crippen molar-refractivity contribution in [3.63, 3.8) is 0 Å². The van der Waals surface area contributed by atoms with Gasteiger partial charge in [-0.05, 0) is 56.2 Å². The molecule has 0 aliphatic rings. The van der Waals surface area contributed by atoms with E-state index in [-0.39, 0.29) is 24.3 Å². The first-order chi connectivity index (χ1) is 12.8. The molecule has 2 aromatic rings. The number of benzene rings is 2. The smallest absolute Gasteiger partial charge is 0.242 e. The molecular weight excluding hydrogens is 383 g/mol. The largest absolute Gasteiger partial charge is 0.352 e. The fraction of sp³-hybridized carbons (Fsp3) is 0.333. The molecule has 0 unspecified atom stereocenters. The molecule has 2 aromatic carbocycles. The second-order valence-electron chi connectivity index (χ2n) is 6.80. The first-order valence-electron chi connectivity index (χ1n) is 8.85. The molecule has 0 aromatic heterocycles. The van der Waals surface area contributed by atoms with E-state index in [4.69, 9.17) is 23.2 Å². The summed E-state index contributed by atoms with van der Waals surface area (Å²) < 4.78 is 0. The van der Waals surface area contributed by atoms with Gasteiger partial charge in [0, 0.05) is 22.6 Å². The number of rotatable bonds is 7. The molecule has 0 saturated carbocycles. The van der Waals surface area contributed by atoms with Gasteiger partial charge in [0.05, 0.1) is 6.42 Å². The van der Waals surface area contributed by atoms with Crippen molar-refractivity contribution in [1.82, 2.24) is 10.2 Å². The van der Waals surface area contributed by atoms with E-state index in [2.05, 4.69) is 5.32 Å². The summed E-state index contributed by atoms with van der Waals surface area (Å²) >= 11 is 12.1. The van der Waals surface area contributed by atoms with Crippen LogP contribution in [0.1, 0.15) is 31.9 Å². The lowest BCUT2D eigenvalue weighted by Gasteiger charge is -2.29. The Morgan fingerprint density at radius 3 is 2.07 bits per heavy atom. The van der Waals surface area contributed by atoms with Crippen LogP contribution in [0.4, 0.5) is 0 Å². The Kier molecular flexibility index (Phi) is 7.69. The predicted molar refractivity (Wildman–Crippen MR) is 110 cm³/mol. The molecule has 0 aliphatic carbocycles. The number of nitrogens with zero attached hydrogens (tertiary/aromatic N) is 1. The van der Waals surface area contributed by atoms with Crippen LogP contribution >= 0.6 is 23.2 Å². The third kappa shape index (κ3) is 6.56. The Balaban J connectivity index is 2.24. The fourth-order valence-electron chi connectivity index (χ4n) is 2.74. The number of hydrogen-bond donors (Lipinski definition) is 1. The van der Waals surface area contributed by atoms with Crippen molar-refractivity contribution in [2.24, 2.45) is 0 Å². The van der Waals surface area contributed by atoms with Crippen LogP contribution in [0.15, 0.2) is 48.5 Å². The van der Waals surface area contributed by atoms with Gasteiger partial charge in [-0.15, -0.1) is 0 Å². The van der Waals surface area contributed by atoms with Gasteiger partial charge in [-0.1, -0.05) is 47.5 Å². The molecule has 0 fully saturated rings. The molecule has 2 rings (SSSR count). The quantitative estimate of drug-likeness (QED) is 0.736. The number of carbonyl (C=O) groups is 2. The number of nitrogens with one attached hydrogen (secondary N) is 1. The summed E-state index contributed by atoms with van der Waals surface area (Å²) in [5.41, 5.74) is 1.67. The Morgan fingerprint density at radius 2 is 1.52 bits per heavy atom. The molecule has 0 spiro atoms. The minimum atomic E-state index is -0.613. The molecule has 4 nitrogen and oxygen atoms in total. The second-order valence-corrected chi connectivity index (χ2v) is 7.67. The SMILES string of the molecule is CC(C)NC(=O)[C@@H](C)N(Cc1cccc(Cl)c1)C(=O)Cc1cccc(Cl)c1. The van der Waals surface area contributed by atoms with Gasteiger partial charge in [0.1, 0.15) is 6.04 Å². The Labute approximate surface area is 170 Å². The molecule has 0 heterocycles. The van der Waals surface area contributed by atoms with Gasteiger partial charge in [0.2, 0.25) is 11.8 Å². The van der Waals surface area contributed by atoms with Crippen LogP contribution in [0.3, 0.4) is 0 Å². The van der Waals surface area contributed by atoms with E-state index >= 15 is 0 Å². The Morgan fingerprint density at radius 1 is 0.963 bits per heavy atom. The zero-order valence-corrected chi connectivity index (χ0v) is 17.2. The van der Waals surface area contributed by atoms with E-state index in [1.54, 1.807) is 42.2 Å². The van der Waals surface area contributed by atoms with E-state index in [0.717, 1.165) is 11.1 Å². The number of carbonyl (C=O) groups excluding carboxylic acids is 2. The number of halogens is 2. The van der Waals surface area contributed by atoms with Gasteiger partial charge in [-0.25, -0.2) is 0 Å². The van der Waals surface area contributed by atoms with E-state index in [1.807, 2.05) is 32.0 Å². The van der Waals surface area contributed by atoms with Crippen molar-refractivity contribution in [2.75, 3.05) is 0 Å². The van der Waals surface area contributed by atoms with Crippen molar-refractivity contribution < 1.29 is 9.59 Å². The average molecular weight is 407 g/mol. The Hall–Kier alpha value is -2.04. The average Bonchev–Trinajstić information content (AvgIpc) is 2.58. The first-order valence-corrected chi connectivity index (χ1v) is 9.60. The second kappa shape index (κ2) is 9.77.